The number of Topliss-reactive ketones (excluding diaryl/α,β-unsaturated/α-hetero) is 1. The van der Waals surface area contributed by atoms with E-state index >= 15 is 0 Å². The number of carbonyl (C=O) groups is 1. The number of hydrogen-bond acceptors (Lipinski definition) is 2. The fraction of sp³-hybridized carbons (Fsp3) is 0.300. The lowest BCUT2D eigenvalue weighted by molar-refractivity contribution is 0.102. The van der Waals surface area contributed by atoms with Crippen molar-refractivity contribution in [3.63, 3.8) is 0 Å². The molecule has 2 heteroatoms. The van der Waals surface area contributed by atoms with Gasteiger partial charge in [0.05, 0.1) is 5.75 Å². The normalized spacial score (nSPS) is 9.83. The molecule has 0 spiro atoms. The third-order valence-electron chi connectivity index (χ3n) is 1.65. The number of hydrogen-bond donors (Lipinski definition) is 0. The molecule has 0 aliphatic carbocycles. The van der Waals surface area contributed by atoms with Crippen LogP contribution in [0.25, 0.3) is 0 Å². The van der Waals surface area contributed by atoms with Crippen LogP contribution in [0.4, 0.5) is 0 Å². The molecule has 0 heterocycles. The van der Waals surface area contributed by atoms with Crippen LogP contribution >= 0.6 is 11.8 Å². The summed E-state index contributed by atoms with van der Waals surface area (Å²) in [6, 6.07) is 7.70. The Morgan fingerprint density at radius 3 is 2.42 bits per heavy atom. The minimum Gasteiger partial charge on any atom is -0.293 e. The minimum atomic E-state index is 0.211. The summed E-state index contributed by atoms with van der Waals surface area (Å²) in [5.74, 6) is 0.783. The molecule has 64 valence electrons. The predicted molar refractivity (Wildman–Crippen MR) is 53.9 cm³/mol. The van der Waals surface area contributed by atoms with Gasteiger partial charge in [0.2, 0.25) is 0 Å². The lowest BCUT2D eigenvalue weighted by Crippen LogP contribution is -2.01. The van der Waals surface area contributed by atoms with E-state index in [9.17, 15) is 4.79 Å². The van der Waals surface area contributed by atoms with Crippen molar-refractivity contribution in [2.24, 2.45) is 0 Å². The zero-order valence-corrected chi connectivity index (χ0v) is 8.15. The van der Waals surface area contributed by atoms with Gasteiger partial charge in [-0.2, -0.15) is 11.8 Å². The molecule has 0 radical (unpaired) electrons. The molecule has 0 amide bonds. The predicted octanol–water partition coefficient (Wildman–Crippen LogP) is 2.54. The van der Waals surface area contributed by atoms with Crippen molar-refractivity contribution in [2.75, 3.05) is 12.0 Å². The maximum atomic E-state index is 11.3. The molecular weight excluding hydrogens is 168 g/mol. The van der Waals surface area contributed by atoms with E-state index < -0.39 is 0 Å². The summed E-state index contributed by atoms with van der Waals surface area (Å²) in [5, 5.41) is 0. The maximum Gasteiger partial charge on any atom is 0.172 e. The molecule has 0 bridgehead atoms. The third-order valence-corrected chi connectivity index (χ3v) is 2.20. The fourth-order valence-corrected chi connectivity index (χ4v) is 1.38. The Kier molecular flexibility index (Phi) is 3.35. The van der Waals surface area contributed by atoms with E-state index in [-0.39, 0.29) is 5.78 Å². The first kappa shape index (κ1) is 9.33. The van der Waals surface area contributed by atoms with Gasteiger partial charge in [0.15, 0.2) is 5.78 Å². The molecule has 0 N–H and O–H groups in total. The van der Waals surface area contributed by atoms with E-state index in [4.69, 9.17) is 0 Å². The van der Waals surface area contributed by atoms with E-state index in [0.29, 0.717) is 5.75 Å². The zero-order chi connectivity index (χ0) is 8.97. The highest BCUT2D eigenvalue weighted by atomic mass is 32.2. The Morgan fingerprint density at radius 1 is 1.33 bits per heavy atom. The first-order valence-electron chi connectivity index (χ1n) is 3.83. The molecule has 0 unspecified atom stereocenters. The number of thioether (sulfide) groups is 1. The van der Waals surface area contributed by atoms with E-state index in [1.54, 1.807) is 11.8 Å². The van der Waals surface area contributed by atoms with Gasteiger partial charge in [-0.05, 0) is 13.2 Å². The maximum absolute atomic E-state index is 11.3. The summed E-state index contributed by atoms with van der Waals surface area (Å²) < 4.78 is 0. The average Bonchev–Trinajstić information content (AvgIpc) is 2.06. The van der Waals surface area contributed by atoms with Gasteiger partial charge in [-0.15, -0.1) is 0 Å². The number of rotatable bonds is 3. The van der Waals surface area contributed by atoms with Crippen molar-refractivity contribution in [3.8, 4) is 0 Å². The standard InChI is InChI=1S/C10H12OS/c1-8-3-5-9(6-4-8)10(11)7-12-2/h3-6H,7H2,1-2H3. The Labute approximate surface area is 77.2 Å². The van der Waals surface area contributed by atoms with Crippen molar-refractivity contribution in [2.45, 2.75) is 6.92 Å². The summed E-state index contributed by atoms with van der Waals surface area (Å²) in [6.07, 6.45) is 1.94. The molecule has 1 rings (SSSR count). The van der Waals surface area contributed by atoms with E-state index in [2.05, 4.69) is 0 Å². The Hall–Kier alpha value is -0.760. The molecule has 0 saturated carbocycles. The molecule has 0 aromatic heterocycles. The van der Waals surface area contributed by atoms with Crippen LogP contribution in [-0.2, 0) is 0 Å². The van der Waals surface area contributed by atoms with Gasteiger partial charge >= 0.3 is 0 Å². The quantitative estimate of drug-likeness (QED) is 0.665. The van der Waals surface area contributed by atoms with Gasteiger partial charge in [0.1, 0.15) is 0 Å². The highest BCUT2D eigenvalue weighted by Gasteiger charge is 2.02. The second-order valence-electron chi connectivity index (χ2n) is 2.72. The summed E-state index contributed by atoms with van der Waals surface area (Å²) >= 11 is 1.56. The van der Waals surface area contributed by atoms with Gasteiger partial charge in [0, 0.05) is 5.56 Å². The van der Waals surface area contributed by atoms with E-state index in [1.807, 2.05) is 37.4 Å². The van der Waals surface area contributed by atoms with Crippen LogP contribution in [0.3, 0.4) is 0 Å². The largest absolute Gasteiger partial charge is 0.293 e. The van der Waals surface area contributed by atoms with E-state index in [0.717, 1.165) is 5.56 Å². The first-order valence-corrected chi connectivity index (χ1v) is 5.22. The highest BCUT2D eigenvalue weighted by molar-refractivity contribution is 7.99. The molecule has 0 aliphatic heterocycles. The van der Waals surface area contributed by atoms with Gasteiger partial charge in [-0.25, -0.2) is 0 Å². The second-order valence-corrected chi connectivity index (χ2v) is 3.59. The summed E-state index contributed by atoms with van der Waals surface area (Å²) in [5.41, 5.74) is 2.01. The van der Waals surface area contributed by atoms with Crippen LogP contribution in [0.15, 0.2) is 24.3 Å². The molecule has 1 aromatic carbocycles. The number of ketones is 1. The lowest BCUT2D eigenvalue weighted by Gasteiger charge is -1.98. The van der Waals surface area contributed by atoms with Crippen LogP contribution in [0, 0.1) is 6.92 Å². The molecule has 1 nitrogen and oxygen atoms in total. The molecule has 0 atom stereocenters. The van der Waals surface area contributed by atoms with Crippen LogP contribution in [0.1, 0.15) is 15.9 Å². The van der Waals surface area contributed by atoms with E-state index in [1.165, 1.54) is 5.56 Å². The third kappa shape index (κ3) is 2.38. The Morgan fingerprint density at radius 2 is 1.92 bits per heavy atom. The number of carbonyl (C=O) groups excluding carboxylic acids is 1. The molecule has 0 fully saturated rings. The van der Waals surface area contributed by atoms with Crippen LogP contribution in [0.5, 0.6) is 0 Å². The minimum absolute atomic E-state index is 0.211. The lowest BCUT2D eigenvalue weighted by atomic mass is 10.1. The van der Waals surface area contributed by atoms with Crippen LogP contribution in [-0.4, -0.2) is 17.8 Å². The monoisotopic (exact) mass is 180 g/mol. The SMILES string of the molecule is CSCC(=O)c1ccc(C)cc1. The van der Waals surface area contributed by atoms with Gasteiger partial charge in [0.25, 0.3) is 0 Å². The second kappa shape index (κ2) is 4.31. The molecule has 12 heavy (non-hydrogen) atoms. The van der Waals surface area contributed by atoms with Gasteiger partial charge in [-0.3, -0.25) is 4.79 Å². The Balaban J connectivity index is 2.75. The van der Waals surface area contributed by atoms with Crippen molar-refractivity contribution in [1.82, 2.24) is 0 Å². The summed E-state index contributed by atoms with van der Waals surface area (Å²) in [4.78, 5) is 11.3. The molecule has 0 saturated heterocycles. The highest BCUT2D eigenvalue weighted by Crippen LogP contribution is 2.06. The number of benzene rings is 1. The summed E-state index contributed by atoms with van der Waals surface area (Å²) in [6.45, 7) is 2.02. The fourth-order valence-electron chi connectivity index (χ4n) is 0.954. The molecule has 0 aliphatic rings. The zero-order valence-electron chi connectivity index (χ0n) is 7.33. The van der Waals surface area contributed by atoms with Gasteiger partial charge < -0.3 is 0 Å². The first-order chi connectivity index (χ1) is 5.74. The van der Waals surface area contributed by atoms with Crippen molar-refractivity contribution < 1.29 is 4.79 Å². The Bertz CT molecular complexity index is 264. The molecule has 1 aromatic rings. The summed E-state index contributed by atoms with van der Waals surface area (Å²) in [7, 11) is 0. The van der Waals surface area contributed by atoms with Crippen molar-refractivity contribution in [3.05, 3.63) is 35.4 Å². The smallest absolute Gasteiger partial charge is 0.172 e. The van der Waals surface area contributed by atoms with Crippen LogP contribution < -0.4 is 0 Å². The van der Waals surface area contributed by atoms with Crippen molar-refractivity contribution >= 4 is 17.5 Å². The van der Waals surface area contributed by atoms with Crippen LogP contribution in [0.2, 0.25) is 0 Å². The average molecular weight is 180 g/mol. The number of aryl methyl sites for hydroxylation is 1. The van der Waals surface area contributed by atoms with Gasteiger partial charge in [-0.1, -0.05) is 29.8 Å². The topological polar surface area (TPSA) is 17.1 Å². The molecular formula is C10H12OS. The van der Waals surface area contributed by atoms with Crippen molar-refractivity contribution in [1.29, 1.82) is 0 Å².